The molecule has 3 aromatic carbocycles. The van der Waals surface area contributed by atoms with E-state index in [2.05, 4.69) is 17.2 Å². The van der Waals surface area contributed by atoms with Crippen LogP contribution in [0.3, 0.4) is 0 Å². The summed E-state index contributed by atoms with van der Waals surface area (Å²) in [6, 6.07) is 25.6. The van der Waals surface area contributed by atoms with E-state index in [1.807, 2.05) is 85.1 Å². The molecule has 3 aromatic rings. The van der Waals surface area contributed by atoms with E-state index in [4.69, 9.17) is 4.74 Å². The van der Waals surface area contributed by atoms with E-state index < -0.39 is 0 Å². The van der Waals surface area contributed by atoms with Crippen LogP contribution in [0, 0.1) is 6.92 Å². The van der Waals surface area contributed by atoms with E-state index in [9.17, 15) is 4.79 Å². The normalized spacial score (nSPS) is 10.8. The number of nitrogens with one attached hydrogen (secondary N) is 1. The molecule has 0 aliphatic heterocycles. The summed E-state index contributed by atoms with van der Waals surface area (Å²) in [5.74, 6) is 0.534. The monoisotopic (exact) mass is 372 g/mol. The van der Waals surface area contributed by atoms with Crippen LogP contribution in [-0.4, -0.2) is 25.3 Å². The molecule has 0 saturated heterocycles. The van der Waals surface area contributed by atoms with Crippen molar-refractivity contribution in [2.24, 2.45) is 4.99 Å². The Bertz CT molecular complexity index is 902. The molecule has 3 rings (SSSR count). The third kappa shape index (κ3) is 6.40. The second-order valence-electron chi connectivity index (χ2n) is 6.54. The van der Waals surface area contributed by atoms with Crippen molar-refractivity contribution in [1.82, 2.24) is 5.32 Å². The first-order valence-corrected chi connectivity index (χ1v) is 9.33. The first kappa shape index (κ1) is 19.4. The SMILES string of the molecule is Cc1ccc(N=Cc2ccc(OCC(=O)NCCc3ccccc3)cc2)cc1. The van der Waals surface area contributed by atoms with Gasteiger partial charge in [0.1, 0.15) is 5.75 Å². The maximum Gasteiger partial charge on any atom is 0.257 e. The van der Waals surface area contributed by atoms with E-state index in [0.717, 1.165) is 17.7 Å². The molecule has 0 unspecified atom stereocenters. The lowest BCUT2D eigenvalue weighted by atomic mass is 10.1. The summed E-state index contributed by atoms with van der Waals surface area (Å²) >= 11 is 0. The van der Waals surface area contributed by atoms with Crippen LogP contribution >= 0.6 is 0 Å². The number of aryl methyl sites for hydroxylation is 1. The molecule has 1 N–H and O–H groups in total. The predicted octanol–water partition coefficient (Wildman–Crippen LogP) is 4.48. The number of carbonyl (C=O) groups is 1. The highest BCUT2D eigenvalue weighted by atomic mass is 16.5. The topological polar surface area (TPSA) is 50.7 Å². The lowest BCUT2D eigenvalue weighted by molar-refractivity contribution is -0.123. The number of benzene rings is 3. The lowest BCUT2D eigenvalue weighted by Crippen LogP contribution is -2.30. The molecule has 28 heavy (non-hydrogen) atoms. The van der Waals surface area contributed by atoms with Gasteiger partial charge in [0.05, 0.1) is 5.69 Å². The summed E-state index contributed by atoms with van der Waals surface area (Å²) < 4.78 is 5.54. The number of aliphatic imine (C=N–C) groups is 1. The Labute approximate surface area is 165 Å². The van der Waals surface area contributed by atoms with Crippen molar-refractivity contribution >= 4 is 17.8 Å². The van der Waals surface area contributed by atoms with Crippen LogP contribution in [0.4, 0.5) is 5.69 Å². The Morgan fingerprint density at radius 3 is 2.39 bits per heavy atom. The summed E-state index contributed by atoms with van der Waals surface area (Å²) in [5, 5.41) is 2.87. The van der Waals surface area contributed by atoms with Gasteiger partial charge in [-0.05, 0) is 60.9 Å². The third-order valence-electron chi connectivity index (χ3n) is 4.23. The molecule has 142 valence electrons. The van der Waals surface area contributed by atoms with Gasteiger partial charge in [0.25, 0.3) is 5.91 Å². The van der Waals surface area contributed by atoms with E-state index >= 15 is 0 Å². The molecule has 0 fully saturated rings. The van der Waals surface area contributed by atoms with Crippen LogP contribution in [0.1, 0.15) is 16.7 Å². The molecule has 4 heteroatoms. The highest BCUT2D eigenvalue weighted by Gasteiger charge is 2.02. The standard InChI is InChI=1S/C24H24N2O2/c1-19-7-11-22(12-8-19)26-17-21-9-13-23(14-10-21)28-18-24(27)25-16-15-20-5-3-2-4-6-20/h2-14,17H,15-16,18H2,1H3,(H,25,27). The van der Waals surface area contributed by atoms with Gasteiger partial charge in [0, 0.05) is 12.8 Å². The average molecular weight is 372 g/mol. The molecule has 0 heterocycles. The predicted molar refractivity (Wildman–Crippen MR) is 114 cm³/mol. The van der Waals surface area contributed by atoms with Crippen molar-refractivity contribution in [3.05, 3.63) is 95.6 Å². The summed E-state index contributed by atoms with van der Waals surface area (Å²) in [5.41, 5.74) is 4.30. The van der Waals surface area contributed by atoms with Crippen molar-refractivity contribution in [3.63, 3.8) is 0 Å². The molecule has 0 bridgehead atoms. The van der Waals surface area contributed by atoms with Crippen molar-refractivity contribution in [3.8, 4) is 5.75 Å². The fourth-order valence-corrected chi connectivity index (χ4v) is 2.62. The Balaban J connectivity index is 1.41. The second-order valence-corrected chi connectivity index (χ2v) is 6.54. The lowest BCUT2D eigenvalue weighted by Gasteiger charge is -2.08. The first-order chi connectivity index (χ1) is 13.7. The smallest absolute Gasteiger partial charge is 0.257 e. The van der Waals surface area contributed by atoms with Gasteiger partial charge < -0.3 is 10.1 Å². The number of carbonyl (C=O) groups excluding carboxylic acids is 1. The zero-order chi connectivity index (χ0) is 19.6. The van der Waals surface area contributed by atoms with Crippen molar-refractivity contribution in [2.45, 2.75) is 13.3 Å². The molecule has 0 aliphatic rings. The third-order valence-corrected chi connectivity index (χ3v) is 4.23. The first-order valence-electron chi connectivity index (χ1n) is 9.33. The van der Waals surface area contributed by atoms with Gasteiger partial charge in [-0.2, -0.15) is 0 Å². The van der Waals surface area contributed by atoms with Crippen molar-refractivity contribution in [2.75, 3.05) is 13.2 Å². The van der Waals surface area contributed by atoms with Crippen LogP contribution in [0.2, 0.25) is 0 Å². The molecular weight excluding hydrogens is 348 g/mol. The number of nitrogens with zero attached hydrogens (tertiary/aromatic N) is 1. The average Bonchev–Trinajstić information content (AvgIpc) is 2.73. The minimum Gasteiger partial charge on any atom is -0.484 e. The molecule has 4 nitrogen and oxygen atoms in total. The minimum absolute atomic E-state index is 0.00555. The van der Waals surface area contributed by atoms with Gasteiger partial charge in [-0.15, -0.1) is 0 Å². The largest absolute Gasteiger partial charge is 0.484 e. The van der Waals surface area contributed by atoms with Crippen LogP contribution in [0.5, 0.6) is 5.75 Å². The maximum atomic E-state index is 11.9. The van der Waals surface area contributed by atoms with Crippen LogP contribution in [-0.2, 0) is 11.2 Å². The Kier molecular flexibility index (Phi) is 6.96. The van der Waals surface area contributed by atoms with E-state index in [1.165, 1.54) is 11.1 Å². The number of ether oxygens (including phenoxy) is 1. The summed E-state index contributed by atoms with van der Waals surface area (Å²) in [7, 11) is 0. The number of hydrogen-bond donors (Lipinski definition) is 1. The molecular formula is C24H24N2O2. The number of amides is 1. The summed E-state index contributed by atoms with van der Waals surface area (Å²) in [6.07, 6.45) is 2.62. The molecule has 0 atom stereocenters. The minimum atomic E-state index is -0.124. The quantitative estimate of drug-likeness (QED) is 0.593. The highest BCUT2D eigenvalue weighted by Crippen LogP contribution is 2.14. The molecule has 0 radical (unpaired) electrons. The zero-order valence-corrected chi connectivity index (χ0v) is 16.0. The summed E-state index contributed by atoms with van der Waals surface area (Å²) in [4.78, 5) is 16.3. The Hall–Kier alpha value is -3.40. The second kappa shape index (κ2) is 10.1. The van der Waals surface area contributed by atoms with Crippen LogP contribution in [0.25, 0.3) is 0 Å². The van der Waals surface area contributed by atoms with Crippen LogP contribution < -0.4 is 10.1 Å². The van der Waals surface area contributed by atoms with E-state index in [0.29, 0.717) is 12.3 Å². The molecule has 0 saturated carbocycles. The highest BCUT2D eigenvalue weighted by molar-refractivity contribution is 5.82. The van der Waals surface area contributed by atoms with Gasteiger partial charge in [-0.1, -0.05) is 48.0 Å². The van der Waals surface area contributed by atoms with Gasteiger partial charge in [-0.3, -0.25) is 9.79 Å². The Morgan fingerprint density at radius 1 is 0.964 bits per heavy atom. The number of hydrogen-bond acceptors (Lipinski definition) is 3. The summed E-state index contributed by atoms with van der Waals surface area (Å²) in [6.45, 7) is 2.65. The zero-order valence-electron chi connectivity index (χ0n) is 16.0. The molecule has 0 aliphatic carbocycles. The molecule has 0 aromatic heterocycles. The fraction of sp³-hybridized carbons (Fsp3) is 0.167. The fourth-order valence-electron chi connectivity index (χ4n) is 2.62. The van der Waals surface area contributed by atoms with Crippen molar-refractivity contribution < 1.29 is 9.53 Å². The van der Waals surface area contributed by atoms with Gasteiger partial charge in [-0.25, -0.2) is 0 Å². The van der Waals surface area contributed by atoms with Crippen molar-refractivity contribution in [1.29, 1.82) is 0 Å². The van der Waals surface area contributed by atoms with Gasteiger partial charge in [0.2, 0.25) is 0 Å². The van der Waals surface area contributed by atoms with E-state index in [-0.39, 0.29) is 12.5 Å². The molecule has 0 spiro atoms. The van der Waals surface area contributed by atoms with Crippen LogP contribution in [0.15, 0.2) is 83.9 Å². The van der Waals surface area contributed by atoms with E-state index in [1.54, 1.807) is 0 Å². The van der Waals surface area contributed by atoms with Gasteiger partial charge in [0.15, 0.2) is 6.61 Å². The number of rotatable bonds is 8. The molecule has 1 amide bonds. The Morgan fingerprint density at radius 2 is 1.68 bits per heavy atom. The van der Waals surface area contributed by atoms with Gasteiger partial charge >= 0.3 is 0 Å². The maximum absolute atomic E-state index is 11.9.